The van der Waals surface area contributed by atoms with Crippen molar-refractivity contribution in [2.75, 3.05) is 204 Å². The van der Waals surface area contributed by atoms with Crippen LogP contribution in [0.15, 0.2) is 48.5 Å². The molecule has 0 heterocycles. The van der Waals surface area contributed by atoms with E-state index in [0.29, 0.717) is 180 Å². The van der Waals surface area contributed by atoms with Crippen molar-refractivity contribution >= 4 is 106 Å². The van der Waals surface area contributed by atoms with Gasteiger partial charge in [-0.1, -0.05) is 48.5 Å². The molecule has 5 rings (SSSR count). The smallest absolute Gasteiger partial charge is 0.483 e. The number of thioether (sulfide) groups is 4. The molecule has 0 spiro atoms. The maximum atomic E-state index is 14.8. The molecule has 0 saturated carbocycles. The Morgan fingerprint density at radius 2 is 0.379 bits per heavy atom. The molecule has 0 fully saturated rings. The minimum Gasteiger partial charge on any atom is -0.483 e. The van der Waals surface area contributed by atoms with Crippen LogP contribution in [-0.4, -0.2) is 283 Å². The van der Waals surface area contributed by atoms with E-state index in [0.717, 1.165) is 214 Å². The van der Waals surface area contributed by atoms with Crippen molar-refractivity contribution in [3.05, 3.63) is 115 Å². The van der Waals surface area contributed by atoms with Gasteiger partial charge in [0.2, 0.25) is 0 Å². The second-order valence-corrected chi connectivity index (χ2v) is 48.1. The van der Waals surface area contributed by atoms with E-state index in [-0.39, 0.29) is 50.1 Å². The van der Waals surface area contributed by atoms with Crippen molar-refractivity contribution in [3.63, 3.8) is 0 Å². The lowest BCUT2D eigenvalue weighted by Gasteiger charge is -2.28. The van der Waals surface area contributed by atoms with Crippen molar-refractivity contribution in [1.82, 2.24) is 19.6 Å². The topological polar surface area (TPSA) is 229 Å². The van der Waals surface area contributed by atoms with E-state index in [9.17, 15) is 19.2 Å². The highest BCUT2D eigenvalue weighted by Crippen LogP contribution is 2.43. The average Bonchev–Trinajstić information content (AvgIpc) is 0.769. The molecular weight excluding hydrogens is 1820 g/mol. The summed E-state index contributed by atoms with van der Waals surface area (Å²) in [6.07, 6.45) is 11.1. The lowest BCUT2D eigenvalue weighted by molar-refractivity contribution is -0.133. The van der Waals surface area contributed by atoms with Gasteiger partial charge in [0.05, 0.1) is 0 Å². The molecule has 0 atom stereocenters. The van der Waals surface area contributed by atoms with Crippen LogP contribution in [-0.2, 0) is 124 Å². The molecule has 0 saturated heterocycles. The monoisotopic (exact) mass is 1990 g/mol. The second kappa shape index (κ2) is 67.9. The number of rotatable bonds is 76. The zero-order valence-corrected chi connectivity index (χ0v) is 92.2. The van der Waals surface area contributed by atoms with Gasteiger partial charge >= 0.3 is 35.2 Å². The first-order valence-corrected chi connectivity index (χ1v) is 62.6. The molecule has 4 amide bonds. The first-order valence-electron chi connectivity index (χ1n) is 50.3. The van der Waals surface area contributed by atoms with Gasteiger partial charge in [-0.2, -0.15) is 47.0 Å². The molecule has 8 bridgehead atoms. The van der Waals surface area contributed by atoms with Gasteiger partial charge in [-0.15, -0.1) is 0 Å². The summed E-state index contributed by atoms with van der Waals surface area (Å²) in [5, 5.41) is 0. The SMILES string of the molecule is CCO[Si](CCCSCCCc1cc2c(OCC(=O)N(CC)CC)c(c1)Cc1cc(CCCSCCC[Si](OCC)(OCC)OCC)cc(c1OCC(=O)N(CC)CC)Cc1cc(CCCSCCC[Si](OCC)(OCC)OCC)cc(c1OCC(=O)N(CC)CC)Cc1cc(CCCSCCC[Si](OCC)(OCC)OCC)cc(c1OCC(=O)N(CC)CC)C2)(OCC)OCC. The van der Waals surface area contributed by atoms with Crippen LogP contribution in [0, 0.1) is 0 Å². The second-order valence-electron chi connectivity index (χ2n) is 32.3. The van der Waals surface area contributed by atoms with Crippen LogP contribution in [0.4, 0.5) is 0 Å². The summed E-state index contributed by atoms with van der Waals surface area (Å²) >= 11 is 7.70. The number of ether oxygens (including phenoxy) is 4. The van der Waals surface area contributed by atoms with Gasteiger partial charge in [0, 0.05) is 182 Å². The first kappa shape index (κ1) is 118. The molecule has 0 unspecified atom stereocenters. The van der Waals surface area contributed by atoms with Crippen LogP contribution >= 0.6 is 47.0 Å². The number of amides is 4. The Morgan fingerprint density at radius 1 is 0.235 bits per heavy atom. The Balaban J connectivity index is 1.97. The molecule has 4 aromatic rings. The van der Waals surface area contributed by atoms with Crippen LogP contribution < -0.4 is 18.9 Å². The van der Waals surface area contributed by atoms with Crippen molar-refractivity contribution in [1.29, 1.82) is 0 Å². The summed E-state index contributed by atoms with van der Waals surface area (Å²) in [4.78, 5) is 66.4. The van der Waals surface area contributed by atoms with E-state index in [4.69, 9.17) is 72.1 Å². The Kier molecular flexibility index (Phi) is 60.9. The number of nitrogens with zero attached hydrogens (tertiary/aromatic N) is 4. The summed E-state index contributed by atoms with van der Waals surface area (Å²) < 4.78 is 105. The molecule has 0 aliphatic heterocycles. The predicted molar refractivity (Wildman–Crippen MR) is 553 cm³/mol. The molecule has 132 heavy (non-hydrogen) atoms. The van der Waals surface area contributed by atoms with E-state index in [1.807, 2.05) is 205 Å². The number of carbonyl (C=O) groups is 4. The number of hydrogen-bond donors (Lipinski definition) is 0. The molecular formula is C100H172N4O20S4Si4. The summed E-state index contributed by atoms with van der Waals surface area (Å²) in [5.74, 6) is 9.00. The van der Waals surface area contributed by atoms with E-state index in [1.165, 1.54) is 0 Å². The maximum absolute atomic E-state index is 14.8. The third-order valence-electron chi connectivity index (χ3n) is 23.0. The van der Waals surface area contributed by atoms with Crippen LogP contribution in [0.2, 0.25) is 24.2 Å². The van der Waals surface area contributed by atoms with Crippen LogP contribution in [0.25, 0.3) is 0 Å². The summed E-state index contributed by atoms with van der Waals surface area (Å²) in [6, 6.07) is 21.2. The zero-order valence-electron chi connectivity index (χ0n) is 85.0. The molecule has 0 N–H and O–H groups in total. The number of hydrogen-bond acceptors (Lipinski definition) is 24. The van der Waals surface area contributed by atoms with E-state index in [2.05, 4.69) is 48.5 Å². The van der Waals surface area contributed by atoms with Crippen LogP contribution in [0.3, 0.4) is 0 Å². The highest BCUT2D eigenvalue weighted by molar-refractivity contribution is 7.99. The maximum Gasteiger partial charge on any atom is 0.500 e. The number of likely N-dealkylation sites (N-methyl/N-ethyl adjacent to an activating group) is 4. The first-order chi connectivity index (χ1) is 64.1. The van der Waals surface area contributed by atoms with E-state index in [1.54, 1.807) is 0 Å². The van der Waals surface area contributed by atoms with Gasteiger partial charge in [-0.05, 0) is 328 Å². The van der Waals surface area contributed by atoms with Crippen molar-refractivity contribution in [2.24, 2.45) is 0 Å². The molecule has 0 aromatic heterocycles. The Morgan fingerprint density at radius 3 is 0.515 bits per heavy atom. The summed E-state index contributed by atoms with van der Waals surface area (Å²) in [6.45, 7) is 49.5. The zero-order chi connectivity index (χ0) is 96.4. The van der Waals surface area contributed by atoms with Gasteiger partial charge in [-0.25, -0.2) is 0 Å². The highest BCUT2D eigenvalue weighted by atomic mass is 32.2. The number of fused-ring (bicyclic) bond motifs is 8. The summed E-state index contributed by atoms with van der Waals surface area (Å²) in [7, 11) is -11.4. The predicted octanol–water partition coefficient (Wildman–Crippen LogP) is 19.8. The van der Waals surface area contributed by atoms with Gasteiger partial charge < -0.3 is 91.7 Å². The highest BCUT2D eigenvalue weighted by Gasteiger charge is 2.43. The van der Waals surface area contributed by atoms with Gasteiger partial charge in [0.15, 0.2) is 26.4 Å². The van der Waals surface area contributed by atoms with Crippen LogP contribution in [0.5, 0.6) is 23.0 Å². The summed E-state index contributed by atoms with van der Waals surface area (Å²) in [5.41, 5.74) is 11.3. The van der Waals surface area contributed by atoms with Gasteiger partial charge in [0.1, 0.15) is 23.0 Å². The third kappa shape index (κ3) is 40.5. The molecule has 752 valence electrons. The minimum absolute atomic E-state index is 0.137. The Hall–Kier alpha value is -4.25. The quantitative estimate of drug-likeness (QED) is 0.0260. The fraction of sp³-hybridized carbons (Fsp3) is 0.720. The molecule has 1 aliphatic rings. The molecule has 24 nitrogen and oxygen atoms in total. The Labute approximate surface area is 818 Å². The number of aryl methyl sites for hydroxylation is 4. The lowest BCUT2D eigenvalue weighted by atomic mass is 9.87. The number of benzene rings is 4. The van der Waals surface area contributed by atoms with E-state index < -0.39 is 35.2 Å². The van der Waals surface area contributed by atoms with Gasteiger partial charge in [-0.3, -0.25) is 19.2 Å². The van der Waals surface area contributed by atoms with Gasteiger partial charge in [0.25, 0.3) is 23.6 Å². The molecule has 1 aliphatic carbocycles. The average molecular weight is 1990 g/mol. The molecule has 0 radical (unpaired) electrons. The Bertz CT molecular complexity index is 3240. The normalized spacial score (nSPS) is 12.5. The van der Waals surface area contributed by atoms with Crippen molar-refractivity contribution in [3.8, 4) is 23.0 Å². The lowest BCUT2D eigenvalue weighted by Crippen LogP contribution is -2.46. The number of carbonyl (C=O) groups excluding carboxylic acids is 4. The largest absolute Gasteiger partial charge is 0.500 e. The van der Waals surface area contributed by atoms with Crippen molar-refractivity contribution < 1.29 is 91.2 Å². The van der Waals surface area contributed by atoms with E-state index >= 15 is 0 Å². The fourth-order valence-electron chi connectivity index (χ4n) is 17.2. The minimum atomic E-state index is -2.85. The standard InChI is InChI=1S/C100H172N4O20S4Si4/c1-21-101(22-2)93(105)77-109-97-85-65-81(49-41-53-125-57-45-61-129(113-29-9,114-30-10)115-31-11)66-86(97)74-88-68-83(51-43-55-127-59-47-63-131(119-35-15,120-36-16)121-37-17)70-90(99(88)111-79-95(107)103(25-5)26-6)76-92-72-84(52-44-56-128-60-48-64-132(122-38-18,123-39-19)124-40-20)71-91(100(92)112-80-96(108)104(27-7)28-8)75-89-69-82(67-87(73-85)98(89)110-78-94(106)102(23-3)24-4)50-42-54-126-58-46-62-130(116-32-12,117-33-13)118-34-14/h65-72H,21-64,73-80H2,1-20H3. The third-order valence-corrected chi connectivity index (χ3v) is 40.3. The molecule has 4 aromatic carbocycles. The fourth-order valence-corrected chi connectivity index (χ4v) is 32.3. The molecule has 32 heteroatoms. The van der Waals surface area contributed by atoms with Crippen LogP contribution in [0.1, 0.15) is 257 Å². The van der Waals surface area contributed by atoms with Crippen molar-refractivity contribution in [2.45, 2.75) is 265 Å².